The van der Waals surface area contributed by atoms with Gasteiger partial charge in [0.1, 0.15) is 5.01 Å². The lowest BCUT2D eigenvalue weighted by Crippen LogP contribution is -2.46. The number of carbonyl (C=O) groups is 1. The molecule has 148 valence electrons. The Morgan fingerprint density at radius 2 is 2.15 bits per heavy atom. The first-order valence-electron chi connectivity index (χ1n) is 8.54. The van der Waals surface area contributed by atoms with Crippen LogP contribution in [0.3, 0.4) is 0 Å². The van der Waals surface area contributed by atoms with Gasteiger partial charge in [-0.15, -0.1) is 36.2 Å². The summed E-state index contributed by atoms with van der Waals surface area (Å²) in [5, 5.41) is 9.36. The fourth-order valence-corrected chi connectivity index (χ4v) is 4.07. The number of benzene rings is 1. The van der Waals surface area contributed by atoms with Crippen molar-refractivity contribution in [2.24, 2.45) is 0 Å². The number of ether oxygens (including phenoxy) is 2. The first-order valence-corrected chi connectivity index (χ1v) is 9.42. The average Bonchev–Trinajstić information content (AvgIpc) is 3.23. The number of piperidine rings is 1. The molecule has 0 bridgehead atoms. The van der Waals surface area contributed by atoms with Gasteiger partial charge in [0.2, 0.25) is 12.7 Å². The molecule has 1 fully saturated rings. The molecule has 3 heterocycles. The molecular formula is C18H23Cl2N3O3S. The van der Waals surface area contributed by atoms with Gasteiger partial charge in [0.15, 0.2) is 11.5 Å². The predicted molar refractivity (Wildman–Crippen MR) is 111 cm³/mol. The van der Waals surface area contributed by atoms with Gasteiger partial charge in [-0.05, 0) is 44.5 Å². The fraction of sp³-hybridized carbons (Fsp3) is 0.444. The van der Waals surface area contributed by atoms with Crippen LogP contribution in [-0.4, -0.2) is 36.3 Å². The molecule has 1 aromatic carbocycles. The van der Waals surface area contributed by atoms with Gasteiger partial charge in [0.05, 0.1) is 12.1 Å². The minimum absolute atomic E-state index is 0. The summed E-state index contributed by atoms with van der Waals surface area (Å²) in [6, 6.07) is 6.50. The molecule has 2 atom stereocenters. The Morgan fingerprint density at radius 3 is 2.96 bits per heavy atom. The molecule has 2 N–H and O–H groups in total. The largest absolute Gasteiger partial charge is 0.454 e. The van der Waals surface area contributed by atoms with Crippen LogP contribution in [0, 0.1) is 0 Å². The number of halogens is 2. The minimum Gasteiger partial charge on any atom is -0.454 e. The zero-order valence-corrected chi connectivity index (χ0v) is 17.3. The highest BCUT2D eigenvalue weighted by Gasteiger charge is 2.20. The standard InChI is InChI=1S/C18H21N3O3S.2ClH/c1-11-6-13(4-5-19-11)20-17(22)8-14-9-25-18(21-14)12-2-3-15-16(7-12)24-10-23-15;;/h2-3,7,9,11,13,19H,4-6,8,10H2,1H3,(H,20,22);2*1H. The number of nitrogens with one attached hydrogen (secondary N) is 2. The van der Waals surface area contributed by atoms with Gasteiger partial charge in [-0.25, -0.2) is 4.98 Å². The van der Waals surface area contributed by atoms with Crippen LogP contribution < -0.4 is 20.1 Å². The van der Waals surface area contributed by atoms with E-state index in [0.717, 1.165) is 47.2 Å². The van der Waals surface area contributed by atoms with E-state index in [9.17, 15) is 4.79 Å². The summed E-state index contributed by atoms with van der Waals surface area (Å²) in [5.41, 5.74) is 1.78. The second-order valence-corrected chi connectivity index (χ2v) is 7.39. The van der Waals surface area contributed by atoms with Gasteiger partial charge in [-0.3, -0.25) is 4.79 Å². The van der Waals surface area contributed by atoms with Crippen molar-refractivity contribution in [3.05, 3.63) is 29.3 Å². The number of amides is 1. The first kappa shape index (κ1) is 21.8. The molecule has 2 aliphatic heterocycles. The molecule has 6 nitrogen and oxygen atoms in total. The predicted octanol–water partition coefficient (Wildman–Crippen LogP) is 3.18. The summed E-state index contributed by atoms with van der Waals surface area (Å²) < 4.78 is 10.7. The second-order valence-electron chi connectivity index (χ2n) is 6.53. The summed E-state index contributed by atoms with van der Waals surface area (Å²) >= 11 is 1.54. The zero-order valence-electron chi connectivity index (χ0n) is 14.9. The van der Waals surface area contributed by atoms with Crippen LogP contribution in [0.25, 0.3) is 10.6 Å². The van der Waals surface area contributed by atoms with Crippen LogP contribution >= 0.6 is 36.2 Å². The van der Waals surface area contributed by atoms with E-state index < -0.39 is 0 Å². The highest BCUT2D eigenvalue weighted by molar-refractivity contribution is 7.13. The van der Waals surface area contributed by atoms with Crippen molar-refractivity contribution >= 4 is 42.1 Å². The third kappa shape index (κ3) is 5.25. The maximum atomic E-state index is 12.3. The van der Waals surface area contributed by atoms with Gasteiger partial charge >= 0.3 is 0 Å². The second kappa shape index (κ2) is 9.59. The lowest BCUT2D eigenvalue weighted by molar-refractivity contribution is -0.121. The number of hydrogen-bond acceptors (Lipinski definition) is 6. The van der Waals surface area contributed by atoms with E-state index in [1.807, 2.05) is 23.6 Å². The van der Waals surface area contributed by atoms with Crippen molar-refractivity contribution in [1.29, 1.82) is 0 Å². The third-order valence-electron chi connectivity index (χ3n) is 4.50. The fourth-order valence-electron chi connectivity index (χ4n) is 3.26. The molecule has 0 spiro atoms. The molecule has 2 aromatic rings. The highest BCUT2D eigenvalue weighted by atomic mass is 35.5. The van der Waals surface area contributed by atoms with E-state index in [2.05, 4.69) is 22.5 Å². The lowest BCUT2D eigenvalue weighted by atomic mass is 10.0. The van der Waals surface area contributed by atoms with Gasteiger partial charge in [-0.2, -0.15) is 0 Å². The minimum atomic E-state index is 0. The quantitative estimate of drug-likeness (QED) is 0.777. The highest BCUT2D eigenvalue weighted by Crippen LogP contribution is 2.36. The Bertz CT molecular complexity index is 787. The van der Waals surface area contributed by atoms with Crippen LogP contribution in [0.4, 0.5) is 0 Å². The summed E-state index contributed by atoms with van der Waals surface area (Å²) in [6.45, 7) is 3.37. The van der Waals surface area contributed by atoms with E-state index in [-0.39, 0.29) is 43.6 Å². The van der Waals surface area contributed by atoms with Crippen molar-refractivity contribution in [3.8, 4) is 22.1 Å². The lowest BCUT2D eigenvalue weighted by Gasteiger charge is -2.28. The van der Waals surface area contributed by atoms with Crippen LogP contribution in [0.2, 0.25) is 0 Å². The van der Waals surface area contributed by atoms with Crippen molar-refractivity contribution in [1.82, 2.24) is 15.6 Å². The topological polar surface area (TPSA) is 72.5 Å². The van der Waals surface area contributed by atoms with Gasteiger partial charge in [-0.1, -0.05) is 0 Å². The molecule has 2 aliphatic rings. The molecule has 9 heteroatoms. The number of hydrogen-bond donors (Lipinski definition) is 2. The van der Waals surface area contributed by atoms with Crippen LogP contribution in [0.5, 0.6) is 11.5 Å². The van der Waals surface area contributed by atoms with Crippen molar-refractivity contribution < 1.29 is 14.3 Å². The molecule has 4 rings (SSSR count). The Labute approximate surface area is 174 Å². The molecular weight excluding hydrogens is 409 g/mol. The van der Waals surface area contributed by atoms with Crippen molar-refractivity contribution in [3.63, 3.8) is 0 Å². The third-order valence-corrected chi connectivity index (χ3v) is 5.44. The Morgan fingerprint density at radius 1 is 1.33 bits per heavy atom. The Kier molecular flexibility index (Phi) is 7.73. The molecule has 1 saturated heterocycles. The normalized spacial score (nSPS) is 20.3. The van der Waals surface area contributed by atoms with Crippen LogP contribution in [0.15, 0.2) is 23.6 Å². The molecule has 0 aliphatic carbocycles. The number of rotatable bonds is 4. The molecule has 0 saturated carbocycles. The molecule has 0 radical (unpaired) electrons. The Balaban J connectivity index is 0.00000131. The Hall–Kier alpha value is -1.54. The van der Waals surface area contributed by atoms with E-state index in [1.165, 1.54) is 11.3 Å². The average molecular weight is 432 g/mol. The summed E-state index contributed by atoms with van der Waals surface area (Å²) in [5.74, 6) is 1.55. The maximum Gasteiger partial charge on any atom is 0.231 e. The van der Waals surface area contributed by atoms with Crippen molar-refractivity contribution in [2.45, 2.75) is 38.3 Å². The van der Waals surface area contributed by atoms with Gasteiger partial charge in [0.25, 0.3) is 0 Å². The molecule has 1 aromatic heterocycles. The van der Waals surface area contributed by atoms with E-state index in [1.54, 1.807) is 0 Å². The molecule has 1 amide bonds. The number of carbonyl (C=O) groups excluding carboxylic acids is 1. The summed E-state index contributed by atoms with van der Waals surface area (Å²) in [4.78, 5) is 16.9. The van der Waals surface area contributed by atoms with Crippen LogP contribution in [-0.2, 0) is 11.2 Å². The van der Waals surface area contributed by atoms with E-state index >= 15 is 0 Å². The van der Waals surface area contributed by atoms with Gasteiger partial charge in [0, 0.05) is 23.0 Å². The zero-order chi connectivity index (χ0) is 17.2. The number of aromatic nitrogens is 1. The number of fused-ring (bicyclic) bond motifs is 1. The van der Waals surface area contributed by atoms with Crippen LogP contribution in [0.1, 0.15) is 25.5 Å². The van der Waals surface area contributed by atoms with Gasteiger partial charge < -0.3 is 20.1 Å². The smallest absolute Gasteiger partial charge is 0.231 e. The van der Waals surface area contributed by atoms with Crippen molar-refractivity contribution in [2.75, 3.05) is 13.3 Å². The molecule has 27 heavy (non-hydrogen) atoms. The summed E-state index contributed by atoms with van der Waals surface area (Å²) in [6.07, 6.45) is 2.28. The van der Waals surface area contributed by atoms with E-state index in [4.69, 9.17) is 9.47 Å². The van der Waals surface area contributed by atoms with E-state index in [0.29, 0.717) is 12.5 Å². The number of nitrogens with zero attached hydrogens (tertiary/aromatic N) is 1. The maximum absolute atomic E-state index is 12.3. The molecule has 2 unspecified atom stereocenters. The number of thiazole rings is 1. The first-order chi connectivity index (χ1) is 12.2. The monoisotopic (exact) mass is 431 g/mol. The summed E-state index contributed by atoms with van der Waals surface area (Å²) in [7, 11) is 0. The SMILES string of the molecule is CC1CC(NC(=O)Cc2csc(-c3ccc4c(c3)OCO4)n2)CCN1.Cl.Cl.